The second-order valence-electron chi connectivity index (χ2n) is 12.9. The molecule has 8 heteroatoms. The van der Waals surface area contributed by atoms with E-state index in [0.717, 1.165) is 84.0 Å². The zero-order valence-corrected chi connectivity index (χ0v) is 26.4. The summed E-state index contributed by atoms with van der Waals surface area (Å²) in [5, 5.41) is 10.2. The predicted molar refractivity (Wildman–Crippen MR) is 195 cm³/mol. The van der Waals surface area contributed by atoms with Crippen LogP contribution in [0.4, 0.5) is 0 Å². The molecule has 50 heavy (non-hydrogen) atoms. The molecule has 6 aromatic carbocycles. The van der Waals surface area contributed by atoms with E-state index < -0.39 is 0 Å². The van der Waals surface area contributed by atoms with Crippen molar-refractivity contribution < 1.29 is 18.9 Å². The van der Waals surface area contributed by atoms with Gasteiger partial charge in [0, 0.05) is 16.5 Å². The summed E-state index contributed by atoms with van der Waals surface area (Å²) in [6, 6.07) is 46.8. The maximum absolute atomic E-state index is 10.2. The fraction of sp³-hybridized carbons (Fsp3) is 0. The number of benzene rings is 6. The van der Waals surface area contributed by atoms with Gasteiger partial charge in [-0.1, -0.05) is 72.8 Å². The van der Waals surface area contributed by atoms with Gasteiger partial charge in [-0.05, 0) is 93.6 Å². The van der Waals surface area contributed by atoms with Crippen LogP contribution in [0.1, 0.15) is 5.69 Å². The summed E-state index contributed by atoms with van der Waals surface area (Å²) in [5.41, 5.74) is 9.77. The van der Waals surface area contributed by atoms with Gasteiger partial charge in [0.15, 0.2) is 0 Å². The Bertz CT molecular complexity index is 2350. The van der Waals surface area contributed by atoms with Crippen molar-refractivity contribution in [1.82, 2.24) is 4.98 Å². The quantitative estimate of drug-likeness (QED) is 0.225. The summed E-state index contributed by atoms with van der Waals surface area (Å²) >= 11 is 0. The maximum Gasteiger partial charge on any atom is 0.260 e. The predicted octanol–water partition coefficient (Wildman–Crippen LogP) is 5.74. The molecule has 0 saturated carbocycles. The molecule has 0 amide bonds. The van der Waals surface area contributed by atoms with Gasteiger partial charge in [-0.25, -0.2) is 4.98 Å². The van der Waals surface area contributed by atoms with Gasteiger partial charge >= 0.3 is 0 Å². The highest BCUT2D eigenvalue weighted by atomic mass is 16.5. The fourth-order valence-electron chi connectivity index (χ4n) is 8.00. The molecule has 6 nitrogen and oxygen atoms in total. The first-order valence-corrected chi connectivity index (χ1v) is 16.6. The van der Waals surface area contributed by atoms with Crippen molar-refractivity contribution >= 4 is 46.2 Å². The first-order chi connectivity index (χ1) is 24.7. The number of hydrogen-bond donors (Lipinski definition) is 0. The standard InChI is InChI=1S/C42H22B2N2O4/c45-23-27-17-24(25-19-37-41-38(20-25)48-34-14-6-2-10-29(34)43(41)28-9-1-5-13-33(28)47-37)18-32(46-27)26-21-39-42-40(22-26)50-36-16-8-4-12-31(36)44(42)30-11-3-7-15-35(30)49-39/h1-22H. The molecular formula is C42H22B2N2O4. The molecule has 0 N–H and O–H groups in total. The molecule has 7 aromatic rings. The molecule has 1 aromatic heterocycles. The first kappa shape index (κ1) is 27.3. The van der Waals surface area contributed by atoms with Crippen LogP contribution in [0, 0.1) is 11.3 Å². The summed E-state index contributed by atoms with van der Waals surface area (Å²) in [6.07, 6.45) is 0. The molecule has 0 fully saturated rings. The second-order valence-corrected chi connectivity index (χ2v) is 12.9. The van der Waals surface area contributed by atoms with Gasteiger partial charge in [0.05, 0.1) is 5.69 Å². The average Bonchev–Trinajstić information content (AvgIpc) is 3.17. The third-order valence-corrected chi connectivity index (χ3v) is 10.2. The van der Waals surface area contributed by atoms with Crippen LogP contribution < -0.4 is 51.7 Å². The Hall–Kier alpha value is -6.71. The third-order valence-electron chi connectivity index (χ3n) is 10.2. The van der Waals surface area contributed by atoms with Gasteiger partial charge in [-0.2, -0.15) is 5.26 Å². The van der Waals surface area contributed by atoms with Gasteiger partial charge in [0.2, 0.25) is 0 Å². The van der Waals surface area contributed by atoms with Gasteiger partial charge in [-0.15, -0.1) is 0 Å². The molecule has 4 aliphatic rings. The number of ether oxygens (including phenoxy) is 4. The second kappa shape index (κ2) is 10.1. The summed E-state index contributed by atoms with van der Waals surface area (Å²) in [7, 11) is 0. The maximum atomic E-state index is 10.2. The van der Waals surface area contributed by atoms with Crippen molar-refractivity contribution in [1.29, 1.82) is 5.26 Å². The van der Waals surface area contributed by atoms with E-state index in [9.17, 15) is 5.26 Å². The SMILES string of the molecule is N#Cc1cc(-c2cc3c4c(c2)Oc2ccccc2B4c2ccccc2O3)cc(-c2cc3c4c(c2)Oc2ccccc2B4c2ccccc2O3)n1. The largest absolute Gasteiger partial charge is 0.458 e. The molecule has 0 spiro atoms. The molecule has 0 unspecified atom stereocenters. The van der Waals surface area contributed by atoms with Crippen LogP contribution >= 0.6 is 0 Å². The number of pyridine rings is 1. The summed E-state index contributed by atoms with van der Waals surface area (Å²) in [5.74, 6) is 6.16. The molecule has 230 valence electrons. The summed E-state index contributed by atoms with van der Waals surface area (Å²) < 4.78 is 26.2. The zero-order chi connectivity index (χ0) is 32.9. The molecule has 4 aliphatic heterocycles. The topological polar surface area (TPSA) is 73.6 Å². The number of hydrogen-bond acceptors (Lipinski definition) is 6. The average molecular weight is 640 g/mol. The number of nitrogens with zero attached hydrogens (tertiary/aromatic N) is 2. The molecule has 0 saturated heterocycles. The van der Waals surface area contributed by atoms with E-state index in [2.05, 4.69) is 30.3 Å². The fourth-order valence-corrected chi connectivity index (χ4v) is 8.00. The Morgan fingerprint density at radius 1 is 0.420 bits per heavy atom. The number of rotatable bonds is 2. The molecule has 0 radical (unpaired) electrons. The van der Waals surface area contributed by atoms with E-state index in [1.807, 2.05) is 103 Å². The Morgan fingerprint density at radius 2 is 0.780 bits per heavy atom. The molecule has 11 rings (SSSR count). The normalized spacial score (nSPS) is 13.3. The van der Waals surface area contributed by atoms with Crippen LogP contribution in [-0.2, 0) is 0 Å². The lowest BCUT2D eigenvalue weighted by Gasteiger charge is -2.33. The highest BCUT2D eigenvalue weighted by Gasteiger charge is 2.41. The minimum atomic E-state index is -0.0236. The van der Waals surface area contributed by atoms with Crippen LogP contribution in [0.25, 0.3) is 22.4 Å². The van der Waals surface area contributed by atoms with Crippen LogP contribution in [0.15, 0.2) is 133 Å². The lowest BCUT2D eigenvalue weighted by atomic mass is 9.35. The molecule has 0 aliphatic carbocycles. The van der Waals surface area contributed by atoms with E-state index in [4.69, 9.17) is 23.9 Å². The van der Waals surface area contributed by atoms with Gasteiger partial charge < -0.3 is 18.9 Å². The van der Waals surface area contributed by atoms with Gasteiger partial charge in [0.1, 0.15) is 57.8 Å². The summed E-state index contributed by atoms with van der Waals surface area (Å²) in [6.45, 7) is -0.0392. The van der Waals surface area contributed by atoms with Gasteiger partial charge in [0.25, 0.3) is 13.4 Å². The van der Waals surface area contributed by atoms with E-state index in [0.29, 0.717) is 22.9 Å². The molecule has 0 bridgehead atoms. The first-order valence-electron chi connectivity index (χ1n) is 16.6. The Balaban J connectivity index is 1.07. The number of nitriles is 1. The van der Waals surface area contributed by atoms with Crippen molar-refractivity contribution in [2.75, 3.05) is 0 Å². The summed E-state index contributed by atoms with van der Waals surface area (Å²) in [4.78, 5) is 4.78. The van der Waals surface area contributed by atoms with E-state index in [1.165, 1.54) is 0 Å². The Labute approximate surface area is 288 Å². The van der Waals surface area contributed by atoms with Gasteiger partial charge in [-0.3, -0.25) is 0 Å². The number of fused-ring (bicyclic) bond motifs is 8. The highest BCUT2D eigenvalue weighted by Crippen LogP contribution is 2.41. The van der Waals surface area contributed by atoms with E-state index in [1.54, 1.807) is 6.07 Å². The van der Waals surface area contributed by atoms with Crippen LogP contribution in [0.5, 0.6) is 46.0 Å². The van der Waals surface area contributed by atoms with Crippen LogP contribution in [-0.4, -0.2) is 18.4 Å². The molecule has 0 atom stereocenters. The number of aromatic nitrogens is 1. The minimum absolute atomic E-state index is 0.0156. The monoisotopic (exact) mass is 640 g/mol. The van der Waals surface area contributed by atoms with Crippen molar-refractivity contribution in [2.45, 2.75) is 0 Å². The lowest BCUT2D eigenvalue weighted by Crippen LogP contribution is -2.57. The number of para-hydroxylation sites is 4. The van der Waals surface area contributed by atoms with E-state index >= 15 is 0 Å². The third kappa shape index (κ3) is 3.89. The van der Waals surface area contributed by atoms with Crippen molar-refractivity contribution in [3.05, 3.63) is 139 Å². The van der Waals surface area contributed by atoms with E-state index in [-0.39, 0.29) is 13.4 Å². The minimum Gasteiger partial charge on any atom is -0.458 e. The Morgan fingerprint density at radius 3 is 1.18 bits per heavy atom. The molecule has 5 heterocycles. The lowest BCUT2D eigenvalue weighted by molar-refractivity contribution is 0.464. The highest BCUT2D eigenvalue weighted by molar-refractivity contribution is 6.99. The van der Waals surface area contributed by atoms with Crippen molar-refractivity contribution in [3.8, 4) is 74.4 Å². The molecular weight excluding hydrogens is 618 g/mol. The van der Waals surface area contributed by atoms with Crippen molar-refractivity contribution in [3.63, 3.8) is 0 Å². The van der Waals surface area contributed by atoms with Crippen molar-refractivity contribution in [2.24, 2.45) is 0 Å². The zero-order valence-electron chi connectivity index (χ0n) is 26.4. The van der Waals surface area contributed by atoms with Crippen LogP contribution in [0.2, 0.25) is 0 Å². The van der Waals surface area contributed by atoms with Crippen LogP contribution in [0.3, 0.4) is 0 Å². The Kier molecular flexibility index (Phi) is 5.53. The smallest absolute Gasteiger partial charge is 0.260 e.